The second-order valence-electron chi connectivity index (χ2n) is 4.29. The lowest BCUT2D eigenvalue weighted by Gasteiger charge is -2.44. The predicted molar refractivity (Wildman–Crippen MR) is 61.7 cm³/mol. The Bertz CT molecular complexity index is 668. The van der Waals surface area contributed by atoms with Gasteiger partial charge in [-0.25, -0.2) is 13.2 Å². The first-order valence-electron chi connectivity index (χ1n) is 5.33. The number of hydrogen-bond acceptors (Lipinski definition) is 5. The fourth-order valence-electron chi connectivity index (χ4n) is 1.73. The predicted octanol–water partition coefficient (Wildman–Crippen LogP) is -1.79. The molecule has 9 heteroatoms. The monoisotopic (exact) mass is 275 g/mol. The lowest BCUT2D eigenvalue weighted by atomic mass is 9.94. The molecule has 100 valence electrons. The molecular formula is C9H13N3O5S. The molecule has 0 bridgehead atoms. The summed E-state index contributed by atoms with van der Waals surface area (Å²) in [6.07, 6.45) is 1.29. The Morgan fingerprint density at radius 1 is 1.44 bits per heavy atom. The van der Waals surface area contributed by atoms with Crippen LogP contribution >= 0.6 is 0 Å². The molecule has 1 aromatic heterocycles. The highest BCUT2D eigenvalue weighted by molar-refractivity contribution is 7.89. The van der Waals surface area contributed by atoms with Crippen molar-refractivity contribution in [1.29, 1.82) is 0 Å². The SMILES string of the molecule is CCC1(O)CN(S(=O)(=O)c2c[nH]c(=O)[nH]c2=O)C1. The minimum absolute atomic E-state index is 0.0512. The van der Waals surface area contributed by atoms with Gasteiger partial charge in [0, 0.05) is 19.3 Å². The average molecular weight is 275 g/mol. The number of rotatable bonds is 3. The zero-order chi connectivity index (χ0) is 13.6. The van der Waals surface area contributed by atoms with Crippen molar-refractivity contribution in [2.24, 2.45) is 0 Å². The summed E-state index contributed by atoms with van der Waals surface area (Å²) < 4.78 is 25.0. The molecule has 0 spiro atoms. The summed E-state index contributed by atoms with van der Waals surface area (Å²) in [6, 6.07) is 0. The van der Waals surface area contributed by atoms with Crippen LogP contribution in [-0.2, 0) is 10.0 Å². The molecule has 0 amide bonds. The van der Waals surface area contributed by atoms with E-state index in [1.54, 1.807) is 6.92 Å². The molecule has 0 aliphatic carbocycles. The topological polar surface area (TPSA) is 123 Å². The van der Waals surface area contributed by atoms with Gasteiger partial charge < -0.3 is 10.1 Å². The second-order valence-corrected chi connectivity index (χ2v) is 6.19. The number of nitrogens with zero attached hydrogens (tertiary/aromatic N) is 1. The summed E-state index contributed by atoms with van der Waals surface area (Å²) in [7, 11) is -3.97. The van der Waals surface area contributed by atoms with Crippen LogP contribution in [0.2, 0.25) is 0 Å². The molecule has 2 rings (SSSR count). The van der Waals surface area contributed by atoms with Gasteiger partial charge in [0.25, 0.3) is 5.56 Å². The Balaban J connectivity index is 2.34. The van der Waals surface area contributed by atoms with Crippen LogP contribution in [0.15, 0.2) is 20.7 Å². The van der Waals surface area contributed by atoms with Gasteiger partial charge in [-0.1, -0.05) is 6.92 Å². The smallest absolute Gasteiger partial charge is 0.325 e. The van der Waals surface area contributed by atoms with Crippen molar-refractivity contribution in [3.63, 3.8) is 0 Å². The van der Waals surface area contributed by atoms with Gasteiger partial charge in [0.05, 0.1) is 5.60 Å². The zero-order valence-corrected chi connectivity index (χ0v) is 10.5. The molecule has 0 atom stereocenters. The minimum atomic E-state index is -3.97. The molecule has 1 aromatic rings. The van der Waals surface area contributed by atoms with Crippen LogP contribution in [-0.4, -0.2) is 46.5 Å². The molecular weight excluding hydrogens is 262 g/mol. The molecule has 0 unspecified atom stereocenters. The number of hydrogen-bond donors (Lipinski definition) is 3. The van der Waals surface area contributed by atoms with Crippen molar-refractivity contribution in [1.82, 2.24) is 14.3 Å². The highest BCUT2D eigenvalue weighted by atomic mass is 32.2. The summed E-state index contributed by atoms with van der Waals surface area (Å²) in [5.41, 5.74) is -2.76. The van der Waals surface area contributed by atoms with Crippen molar-refractivity contribution < 1.29 is 13.5 Å². The van der Waals surface area contributed by atoms with E-state index < -0.39 is 31.8 Å². The van der Waals surface area contributed by atoms with Gasteiger partial charge in [0.15, 0.2) is 4.90 Å². The zero-order valence-electron chi connectivity index (χ0n) is 9.63. The van der Waals surface area contributed by atoms with E-state index in [0.29, 0.717) is 6.42 Å². The minimum Gasteiger partial charge on any atom is -0.387 e. The van der Waals surface area contributed by atoms with E-state index in [4.69, 9.17) is 0 Å². The van der Waals surface area contributed by atoms with Crippen LogP contribution < -0.4 is 11.2 Å². The van der Waals surface area contributed by atoms with Crippen molar-refractivity contribution in [2.45, 2.75) is 23.8 Å². The Labute approximate surface area is 102 Å². The van der Waals surface area contributed by atoms with Crippen LogP contribution in [0.25, 0.3) is 0 Å². The molecule has 1 aliphatic heterocycles. The third-order valence-electron chi connectivity index (χ3n) is 3.00. The van der Waals surface area contributed by atoms with Gasteiger partial charge in [-0.05, 0) is 6.42 Å². The van der Waals surface area contributed by atoms with Gasteiger partial charge in [-0.15, -0.1) is 0 Å². The molecule has 0 aromatic carbocycles. The first-order valence-corrected chi connectivity index (χ1v) is 6.77. The molecule has 18 heavy (non-hydrogen) atoms. The summed E-state index contributed by atoms with van der Waals surface area (Å²) in [4.78, 5) is 25.7. The maximum absolute atomic E-state index is 12.0. The molecule has 0 saturated carbocycles. The van der Waals surface area contributed by atoms with Crippen LogP contribution in [0, 0.1) is 0 Å². The Kier molecular flexibility index (Phi) is 2.92. The van der Waals surface area contributed by atoms with Gasteiger partial charge in [0.2, 0.25) is 10.0 Å². The number of nitrogens with one attached hydrogen (secondary N) is 2. The third-order valence-corrected chi connectivity index (χ3v) is 4.80. The molecule has 2 heterocycles. The maximum atomic E-state index is 12.0. The van der Waals surface area contributed by atoms with E-state index in [-0.39, 0.29) is 13.1 Å². The Morgan fingerprint density at radius 3 is 2.56 bits per heavy atom. The van der Waals surface area contributed by atoms with Gasteiger partial charge in [-0.2, -0.15) is 4.31 Å². The largest absolute Gasteiger partial charge is 0.387 e. The van der Waals surface area contributed by atoms with Crippen LogP contribution in [0.1, 0.15) is 13.3 Å². The van der Waals surface area contributed by atoms with Crippen LogP contribution in [0.3, 0.4) is 0 Å². The van der Waals surface area contributed by atoms with E-state index in [2.05, 4.69) is 4.98 Å². The Hall–Kier alpha value is -1.45. The van der Waals surface area contributed by atoms with E-state index in [0.717, 1.165) is 10.5 Å². The van der Waals surface area contributed by atoms with Crippen molar-refractivity contribution in [3.8, 4) is 0 Å². The number of aromatic amines is 2. The number of aromatic nitrogens is 2. The highest BCUT2D eigenvalue weighted by Crippen LogP contribution is 2.28. The lowest BCUT2D eigenvalue weighted by molar-refractivity contribution is -0.0613. The van der Waals surface area contributed by atoms with Crippen molar-refractivity contribution >= 4 is 10.0 Å². The fourth-order valence-corrected chi connectivity index (χ4v) is 3.32. The van der Waals surface area contributed by atoms with E-state index in [9.17, 15) is 23.1 Å². The van der Waals surface area contributed by atoms with Crippen LogP contribution in [0.5, 0.6) is 0 Å². The number of aliphatic hydroxyl groups is 1. The van der Waals surface area contributed by atoms with Gasteiger partial charge in [0.1, 0.15) is 0 Å². The average Bonchev–Trinajstić information content (AvgIpc) is 2.24. The molecule has 3 N–H and O–H groups in total. The lowest BCUT2D eigenvalue weighted by Crippen LogP contribution is -2.63. The summed E-state index contributed by atoms with van der Waals surface area (Å²) in [5.74, 6) is 0. The first-order chi connectivity index (χ1) is 8.28. The molecule has 8 nitrogen and oxygen atoms in total. The maximum Gasteiger partial charge on any atom is 0.325 e. The van der Waals surface area contributed by atoms with Gasteiger partial charge >= 0.3 is 5.69 Å². The van der Waals surface area contributed by atoms with E-state index in [1.807, 2.05) is 4.98 Å². The molecule has 0 radical (unpaired) electrons. The van der Waals surface area contributed by atoms with E-state index in [1.165, 1.54) is 0 Å². The van der Waals surface area contributed by atoms with Crippen molar-refractivity contribution in [2.75, 3.05) is 13.1 Å². The second kappa shape index (κ2) is 4.04. The van der Waals surface area contributed by atoms with Gasteiger partial charge in [-0.3, -0.25) is 9.78 Å². The summed E-state index contributed by atoms with van der Waals surface area (Å²) >= 11 is 0. The molecule has 1 saturated heterocycles. The first kappa shape index (κ1) is 13.0. The quantitative estimate of drug-likeness (QED) is 0.601. The molecule has 1 fully saturated rings. The number of H-pyrrole nitrogens is 2. The number of β-amino-alcohol motifs (C(OH)–C–C–N with tert-alkyl or cyclic N) is 1. The highest BCUT2D eigenvalue weighted by Gasteiger charge is 2.46. The Morgan fingerprint density at radius 2 is 2.06 bits per heavy atom. The summed E-state index contributed by atoms with van der Waals surface area (Å²) in [5, 5.41) is 9.76. The number of sulfonamides is 1. The summed E-state index contributed by atoms with van der Waals surface area (Å²) in [6.45, 7) is 1.64. The molecule has 1 aliphatic rings. The normalized spacial score (nSPS) is 19.4. The van der Waals surface area contributed by atoms with Crippen LogP contribution in [0.4, 0.5) is 0 Å². The van der Waals surface area contributed by atoms with E-state index >= 15 is 0 Å². The standard InChI is InChI=1S/C9H13N3O5S/c1-2-9(15)4-12(5-9)18(16,17)6-3-10-8(14)11-7(6)13/h3,15H,2,4-5H2,1H3,(H2,10,11,13,14). The fraction of sp³-hybridized carbons (Fsp3) is 0.556. The van der Waals surface area contributed by atoms with Crippen molar-refractivity contribution in [3.05, 3.63) is 27.0 Å². The third kappa shape index (κ3) is 2.00.